The fraction of sp³-hybridized carbons (Fsp3) is 0.538. The number of H-pyrrole nitrogens is 1. The molecule has 5 nitrogen and oxygen atoms in total. The van der Waals surface area contributed by atoms with E-state index in [1.54, 1.807) is 6.33 Å². The number of anilines is 1. The second kappa shape index (κ2) is 4.57. The molecule has 1 aliphatic heterocycles. The molecule has 0 saturated carbocycles. The van der Waals surface area contributed by atoms with Gasteiger partial charge >= 0.3 is 0 Å². The van der Waals surface area contributed by atoms with Crippen molar-refractivity contribution >= 4 is 16.9 Å². The van der Waals surface area contributed by atoms with Crippen LogP contribution in [0.5, 0.6) is 0 Å². The zero-order valence-corrected chi connectivity index (χ0v) is 10.8. The van der Waals surface area contributed by atoms with E-state index in [0.717, 1.165) is 23.4 Å². The van der Waals surface area contributed by atoms with Crippen LogP contribution in [0.2, 0.25) is 0 Å². The van der Waals surface area contributed by atoms with Gasteiger partial charge in [0.15, 0.2) is 0 Å². The van der Waals surface area contributed by atoms with E-state index in [9.17, 15) is 0 Å². The average Bonchev–Trinajstić information content (AvgIpc) is 2.83. The number of nitrogens with one attached hydrogen (secondary N) is 2. The van der Waals surface area contributed by atoms with E-state index in [0.29, 0.717) is 12.1 Å². The normalized spacial score (nSPS) is 25.4. The van der Waals surface area contributed by atoms with Crippen LogP contribution >= 0.6 is 0 Å². The Morgan fingerprint density at radius 1 is 1.39 bits per heavy atom. The third-order valence-corrected chi connectivity index (χ3v) is 3.89. The van der Waals surface area contributed by atoms with Crippen molar-refractivity contribution < 1.29 is 0 Å². The molecule has 96 valence electrons. The van der Waals surface area contributed by atoms with Crippen LogP contribution in [-0.4, -0.2) is 45.5 Å². The number of aromatic nitrogens is 3. The molecule has 0 amide bonds. The molecular formula is C13H19N5. The van der Waals surface area contributed by atoms with Crippen molar-refractivity contribution in [2.24, 2.45) is 0 Å². The molecular weight excluding hydrogens is 226 g/mol. The van der Waals surface area contributed by atoms with Crippen LogP contribution in [0.25, 0.3) is 11.0 Å². The third kappa shape index (κ3) is 2.06. The second-order valence-electron chi connectivity index (χ2n) is 5.17. The van der Waals surface area contributed by atoms with Crippen molar-refractivity contribution in [3.63, 3.8) is 0 Å². The highest BCUT2D eigenvalue weighted by Crippen LogP contribution is 2.22. The summed E-state index contributed by atoms with van der Waals surface area (Å²) in [5, 5.41) is 4.62. The summed E-state index contributed by atoms with van der Waals surface area (Å²) in [6.07, 6.45) is 5.94. The van der Waals surface area contributed by atoms with Gasteiger partial charge in [-0.3, -0.25) is 0 Å². The van der Waals surface area contributed by atoms with E-state index in [1.807, 2.05) is 12.3 Å². The Morgan fingerprint density at radius 3 is 3.11 bits per heavy atom. The van der Waals surface area contributed by atoms with Crippen LogP contribution in [-0.2, 0) is 0 Å². The number of likely N-dealkylation sites (N-methyl/N-ethyl adjacent to an activating group) is 1. The standard InChI is InChI=1S/C13H19N5/c1-9-3-4-10(7-18(9)2)17-13-11-5-6-14-12(11)15-8-16-13/h5-6,8-10H,3-4,7H2,1-2H3,(H2,14,15,16,17)/t9-,10+/m0/s1. The Hall–Kier alpha value is -1.62. The SMILES string of the molecule is C[C@H]1CC[C@@H](Nc2ncnc3[nH]ccc23)CN1C. The molecule has 2 N–H and O–H groups in total. The topological polar surface area (TPSA) is 56.8 Å². The number of hydrogen-bond donors (Lipinski definition) is 2. The average molecular weight is 245 g/mol. The van der Waals surface area contributed by atoms with Gasteiger partial charge in [0.25, 0.3) is 0 Å². The first-order valence-electron chi connectivity index (χ1n) is 6.49. The van der Waals surface area contributed by atoms with Gasteiger partial charge in [-0.1, -0.05) is 0 Å². The summed E-state index contributed by atoms with van der Waals surface area (Å²) in [6, 6.07) is 3.17. The zero-order chi connectivity index (χ0) is 12.5. The lowest BCUT2D eigenvalue weighted by Gasteiger charge is -2.35. The largest absolute Gasteiger partial charge is 0.365 e. The van der Waals surface area contributed by atoms with Gasteiger partial charge in [-0.05, 0) is 32.9 Å². The number of aromatic amines is 1. The molecule has 0 spiro atoms. The number of nitrogens with zero attached hydrogens (tertiary/aromatic N) is 3. The number of likely N-dealkylation sites (tertiary alicyclic amines) is 1. The minimum Gasteiger partial charge on any atom is -0.365 e. The highest BCUT2D eigenvalue weighted by atomic mass is 15.2. The van der Waals surface area contributed by atoms with Crippen LogP contribution in [0, 0.1) is 0 Å². The lowest BCUT2D eigenvalue weighted by Crippen LogP contribution is -2.44. The van der Waals surface area contributed by atoms with Crippen molar-refractivity contribution in [1.29, 1.82) is 0 Å². The number of fused-ring (bicyclic) bond motifs is 1. The summed E-state index contributed by atoms with van der Waals surface area (Å²) in [5.74, 6) is 0.939. The van der Waals surface area contributed by atoms with Crippen molar-refractivity contribution in [3.05, 3.63) is 18.6 Å². The molecule has 5 heteroatoms. The molecule has 2 atom stereocenters. The molecule has 0 aliphatic carbocycles. The summed E-state index contributed by atoms with van der Waals surface area (Å²) >= 11 is 0. The molecule has 3 rings (SSSR count). The fourth-order valence-electron chi connectivity index (χ4n) is 2.58. The highest BCUT2D eigenvalue weighted by molar-refractivity contribution is 5.86. The van der Waals surface area contributed by atoms with E-state index < -0.39 is 0 Å². The first-order valence-corrected chi connectivity index (χ1v) is 6.49. The van der Waals surface area contributed by atoms with Gasteiger partial charge in [-0.25, -0.2) is 9.97 Å². The van der Waals surface area contributed by atoms with Gasteiger partial charge in [0, 0.05) is 24.8 Å². The van der Waals surface area contributed by atoms with Crippen LogP contribution in [0.3, 0.4) is 0 Å². The quantitative estimate of drug-likeness (QED) is 0.848. The lowest BCUT2D eigenvalue weighted by molar-refractivity contribution is 0.188. The third-order valence-electron chi connectivity index (χ3n) is 3.89. The molecule has 18 heavy (non-hydrogen) atoms. The van der Waals surface area contributed by atoms with Crippen molar-refractivity contribution in [3.8, 4) is 0 Å². The van der Waals surface area contributed by atoms with E-state index >= 15 is 0 Å². The molecule has 1 fully saturated rings. The maximum Gasteiger partial charge on any atom is 0.142 e. The van der Waals surface area contributed by atoms with E-state index in [1.165, 1.54) is 12.8 Å². The Balaban J connectivity index is 1.78. The van der Waals surface area contributed by atoms with Gasteiger partial charge in [0.1, 0.15) is 17.8 Å². The highest BCUT2D eigenvalue weighted by Gasteiger charge is 2.23. The second-order valence-corrected chi connectivity index (χ2v) is 5.17. The Kier molecular flexibility index (Phi) is 2.91. The number of hydrogen-bond acceptors (Lipinski definition) is 4. The van der Waals surface area contributed by atoms with Crippen molar-refractivity contribution in [2.45, 2.75) is 31.8 Å². The van der Waals surface area contributed by atoms with Crippen LogP contribution in [0.4, 0.5) is 5.82 Å². The first-order chi connectivity index (χ1) is 8.74. The molecule has 0 aromatic carbocycles. The molecule has 2 aromatic heterocycles. The summed E-state index contributed by atoms with van der Waals surface area (Å²) < 4.78 is 0. The molecule has 0 radical (unpaired) electrons. The Labute approximate surface area is 107 Å². The van der Waals surface area contributed by atoms with Crippen LogP contribution in [0.15, 0.2) is 18.6 Å². The van der Waals surface area contributed by atoms with Gasteiger partial charge in [-0.15, -0.1) is 0 Å². The minimum absolute atomic E-state index is 0.471. The summed E-state index contributed by atoms with van der Waals surface area (Å²) in [6.45, 7) is 3.35. The molecule has 0 unspecified atom stereocenters. The fourth-order valence-corrected chi connectivity index (χ4v) is 2.58. The van der Waals surface area contributed by atoms with Gasteiger partial charge in [0.05, 0.1) is 5.39 Å². The lowest BCUT2D eigenvalue weighted by atomic mass is 10.00. The molecule has 1 aliphatic rings. The summed E-state index contributed by atoms with van der Waals surface area (Å²) in [4.78, 5) is 14.1. The molecule has 3 heterocycles. The van der Waals surface area contributed by atoms with Crippen molar-refractivity contribution in [2.75, 3.05) is 18.9 Å². The van der Waals surface area contributed by atoms with Gasteiger partial charge in [-0.2, -0.15) is 0 Å². The maximum atomic E-state index is 4.36. The predicted molar refractivity (Wildman–Crippen MR) is 72.6 cm³/mol. The van der Waals surface area contributed by atoms with Crippen molar-refractivity contribution in [1.82, 2.24) is 19.9 Å². The molecule has 1 saturated heterocycles. The molecule has 0 bridgehead atoms. The smallest absolute Gasteiger partial charge is 0.142 e. The van der Waals surface area contributed by atoms with E-state index in [2.05, 4.69) is 39.1 Å². The first kappa shape index (κ1) is 11.5. The zero-order valence-electron chi connectivity index (χ0n) is 10.8. The predicted octanol–water partition coefficient (Wildman–Crippen LogP) is 1.85. The van der Waals surface area contributed by atoms with E-state index in [-0.39, 0.29) is 0 Å². The number of piperidine rings is 1. The Bertz CT molecular complexity index is 535. The van der Waals surface area contributed by atoms with Crippen LogP contribution in [0.1, 0.15) is 19.8 Å². The monoisotopic (exact) mass is 245 g/mol. The van der Waals surface area contributed by atoms with E-state index in [4.69, 9.17) is 0 Å². The van der Waals surface area contributed by atoms with Crippen LogP contribution < -0.4 is 5.32 Å². The molecule has 2 aromatic rings. The summed E-state index contributed by atoms with van der Waals surface area (Å²) in [7, 11) is 2.18. The maximum absolute atomic E-state index is 4.36. The van der Waals surface area contributed by atoms with Gasteiger partial charge < -0.3 is 15.2 Å². The van der Waals surface area contributed by atoms with Gasteiger partial charge in [0.2, 0.25) is 0 Å². The summed E-state index contributed by atoms with van der Waals surface area (Å²) in [5.41, 5.74) is 0.894. The Morgan fingerprint density at radius 2 is 2.28 bits per heavy atom. The minimum atomic E-state index is 0.471. The number of rotatable bonds is 2.